The summed E-state index contributed by atoms with van der Waals surface area (Å²) >= 11 is 7.78. The van der Waals surface area contributed by atoms with Gasteiger partial charge in [-0.2, -0.15) is 0 Å². The summed E-state index contributed by atoms with van der Waals surface area (Å²) in [7, 11) is 0. The number of halogens is 2. The number of thioether (sulfide) groups is 1. The first-order chi connectivity index (χ1) is 14.9. The van der Waals surface area contributed by atoms with E-state index in [2.05, 4.69) is 5.32 Å². The van der Waals surface area contributed by atoms with Crippen molar-refractivity contribution in [1.29, 1.82) is 0 Å². The van der Waals surface area contributed by atoms with E-state index in [-0.39, 0.29) is 23.0 Å². The van der Waals surface area contributed by atoms with Crippen LogP contribution in [-0.4, -0.2) is 17.6 Å². The van der Waals surface area contributed by atoms with E-state index in [1.807, 2.05) is 36.4 Å². The van der Waals surface area contributed by atoms with E-state index in [9.17, 15) is 14.0 Å². The van der Waals surface area contributed by atoms with Crippen LogP contribution in [0.5, 0.6) is 0 Å². The molecule has 1 aliphatic heterocycles. The standard InChI is InChI=1S/C24H20ClFN2O2S/c1-15-10-11-19(13-20(15)26)28-21(29)14-31-24(28)17-8-5-9-18(12-17)27-23(30)22(25)16-6-3-2-4-7-16/h2-13,22,24H,14H2,1H3,(H,27,30)/t22-,24-/m1/s1. The minimum atomic E-state index is -0.820. The normalized spacial score (nSPS) is 16.9. The Kier molecular flexibility index (Phi) is 6.30. The van der Waals surface area contributed by atoms with Crippen molar-refractivity contribution in [3.05, 3.63) is 95.3 Å². The summed E-state index contributed by atoms with van der Waals surface area (Å²) in [5.41, 5.74) is 3.17. The Morgan fingerprint density at radius 2 is 1.90 bits per heavy atom. The second kappa shape index (κ2) is 9.12. The third kappa shape index (κ3) is 4.60. The van der Waals surface area contributed by atoms with E-state index < -0.39 is 5.38 Å². The van der Waals surface area contributed by atoms with Crippen molar-refractivity contribution >= 4 is 46.6 Å². The van der Waals surface area contributed by atoms with E-state index in [0.29, 0.717) is 28.3 Å². The quantitative estimate of drug-likeness (QED) is 0.493. The maximum Gasteiger partial charge on any atom is 0.246 e. The Labute approximate surface area is 189 Å². The Morgan fingerprint density at radius 1 is 1.13 bits per heavy atom. The molecule has 3 aromatic carbocycles. The molecule has 0 spiro atoms. The number of nitrogens with one attached hydrogen (secondary N) is 1. The summed E-state index contributed by atoms with van der Waals surface area (Å²) in [5.74, 6) is -0.472. The second-order valence-corrected chi connectivity index (χ2v) is 8.75. The Bertz CT molecular complexity index is 1130. The van der Waals surface area contributed by atoms with Crippen LogP contribution in [-0.2, 0) is 9.59 Å². The monoisotopic (exact) mass is 454 g/mol. The molecule has 1 fully saturated rings. The molecule has 2 atom stereocenters. The van der Waals surface area contributed by atoms with Crippen molar-refractivity contribution in [1.82, 2.24) is 0 Å². The number of alkyl halides is 1. The summed E-state index contributed by atoms with van der Waals surface area (Å²) in [6.45, 7) is 1.68. The van der Waals surface area contributed by atoms with Gasteiger partial charge in [-0.05, 0) is 47.9 Å². The van der Waals surface area contributed by atoms with E-state index in [1.54, 1.807) is 42.2 Å². The van der Waals surface area contributed by atoms with Crippen LogP contribution < -0.4 is 10.2 Å². The molecule has 1 saturated heterocycles. The van der Waals surface area contributed by atoms with Crippen molar-refractivity contribution in [3.63, 3.8) is 0 Å². The smallest absolute Gasteiger partial charge is 0.246 e. The van der Waals surface area contributed by atoms with Crippen LogP contribution in [0.2, 0.25) is 0 Å². The molecule has 0 saturated carbocycles. The highest BCUT2D eigenvalue weighted by Gasteiger charge is 2.34. The van der Waals surface area contributed by atoms with Gasteiger partial charge in [-0.25, -0.2) is 4.39 Å². The van der Waals surface area contributed by atoms with Gasteiger partial charge in [0.25, 0.3) is 0 Å². The maximum atomic E-state index is 14.1. The molecule has 0 unspecified atom stereocenters. The largest absolute Gasteiger partial charge is 0.324 e. The van der Waals surface area contributed by atoms with Crippen molar-refractivity contribution in [2.45, 2.75) is 17.7 Å². The van der Waals surface area contributed by atoms with Crippen LogP contribution in [0.1, 0.15) is 27.4 Å². The Balaban J connectivity index is 1.56. The van der Waals surface area contributed by atoms with E-state index in [0.717, 1.165) is 5.56 Å². The van der Waals surface area contributed by atoms with Gasteiger partial charge in [0.05, 0.1) is 5.75 Å². The molecule has 31 heavy (non-hydrogen) atoms. The number of rotatable bonds is 5. The molecular formula is C24H20ClFN2O2S. The van der Waals surface area contributed by atoms with Gasteiger partial charge >= 0.3 is 0 Å². The van der Waals surface area contributed by atoms with Gasteiger partial charge < -0.3 is 5.32 Å². The van der Waals surface area contributed by atoms with Gasteiger partial charge in [0.1, 0.15) is 16.6 Å². The van der Waals surface area contributed by atoms with E-state index >= 15 is 0 Å². The molecule has 1 N–H and O–H groups in total. The van der Waals surface area contributed by atoms with Crippen LogP contribution >= 0.6 is 23.4 Å². The number of benzene rings is 3. The molecule has 0 aromatic heterocycles. The predicted octanol–water partition coefficient (Wildman–Crippen LogP) is 5.83. The lowest BCUT2D eigenvalue weighted by molar-refractivity contribution is -0.116. The lowest BCUT2D eigenvalue weighted by Crippen LogP contribution is -2.28. The number of aryl methyl sites for hydroxylation is 1. The molecular weight excluding hydrogens is 435 g/mol. The molecule has 0 bridgehead atoms. The molecule has 0 radical (unpaired) electrons. The molecule has 4 nitrogen and oxygen atoms in total. The summed E-state index contributed by atoms with van der Waals surface area (Å²) in [6, 6.07) is 21.2. The fourth-order valence-electron chi connectivity index (χ4n) is 3.43. The van der Waals surface area contributed by atoms with Gasteiger partial charge in [-0.3, -0.25) is 14.5 Å². The first-order valence-corrected chi connectivity index (χ1v) is 11.2. The first-order valence-electron chi connectivity index (χ1n) is 9.73. The van der Waals surface area contributed by atoms with Crippen LogP contribution in [0.4, 0.5) is 15.8 Å². The number of nitrogens with zero attached hydrogens (tertiary/aromatic N) is 1. The number of hydrogen-bond donors (Lipinski definition) is 1. The summed E-state index contributed by atoms with van der Waals surface area (Å²) < 4.78 is 14.1. The fourth-order valence-corrected chi connectivity index (χ4v) is 4.80. The number of amides is 2. The van der Waals surface area contributed by atoms with Crippen LogP contribution in [0, 0.1) is 12.7 Å². The summed E-state index contributed by atoms with van der Waals surface area (Å²) in [5, 5.41) is 1.71. The minimum Gasteiger partial charge on any atom is -0.324 e. The number of carbonyl (C=O) groups excluding carboxylic acids is 2. The van der Waals surface area contributed by atoms with Crippen LogP contribution in [0.15, 0.2) is 72.8 Å². The first kappa shape index (κ1) is 21.4. The molecule has 2 amide bonds. The van der Waals surface area contributed by atoms with Gasteiger partial charge in [-0.15, -0.1) is 23.4 Å². The highest BCUT2D eigenvalue weighted by atomic mass is 35.5. The number of anilines is 2. The average molecular weight is 455 g/mol. The van der Waals surface area contributed by atoms with Crippen molar-refractivity contribution in [3.8, 4) is 0 Å². The van der Waals surface area contributed by atoms with Gasteiger partial charge in [0, 0.05) is 11.4 Å². The third-order valence-electron chi connectivity index (χ3n) is 5.06. The van der Waals surface area contributed by atoms with Crippen molar-refractivity contribution in [2.24, 2.45) is 0 Å². The van der Waals surface area contributed by atoms with Crippen LogP contribution in [0.25, 0.3) is 0 Å². The van der Waals surface area contributed by atoms with E-state index in [1.165, 1.54) is 17.8 Å². The van der Waals surface area contributed by atoms with E-state index in [4.69, 9.17) is 11.6 Å². The van der Waals surface area contributed by atoms with Gasteiger partial charge in [0.2, 0.25) is 11.8 Å². The van der Waals surface area contributed by atoms with Crippen LogP contribution in [0.3, 0.4) is 0 Å². The number of carbonyl (C=O) groups is 2. The Morgan fingerprint density at radius 3 is 2.65 bits per heavy atom. The van der Waals surface area contributed by atoms with Gasteiger partial charge in [-0.1, -0.05) is 48.5 Å². The summed E-state index contributed by atoms with van der Waals surface area (Å²) in [6.07, 6.45) is 0. The summed E-state index contributed by atoms with van der Waals surface area (Å²) in [4.78, 5) is 26.8. The highest BCUT2D eigenvalue weighted by molar-refractivity contribution is 8.00. The number of hydrogen-bond acceptors (Lipinski definition) is 3. The molecule has 3 aromatic rings. The minimum absolute atomic E-state index is 0.0856. The lowest BCUT2D eigenvalue weighted by atomic mass is 10.1. The van der Waals surface area contributed by atoms with Crippen molar-refractivity contribution < 1.29 is 14.0 Å². The molecule has 158 valence electrons. The predicted molar refractivity (Wildman–Crippen MR) is 124 cm³/mol. The average Bonchev–Trinajstić information content (AvgIpc) is 3.17. The second-order valence-electron chi connectivity index (χ2n) is 7.25. The topological polar surface area (TPSA) is 49.4 Å². The maximum absolute atomic E-state index is 14.1. The molecule has 7 heteroatoms. The zero-order valence-electron chi connectivity index (χ0n) is 16.7. The lowest BCUT2D eigenvalue weighted by Gasteiger charge is -2.25. The SMILES string of the molecule is Cc1ccc(N2C(=O)CS[C@@H]2c2cccc(NC(=O)[C@H](Cl)c3ccccc3)c2)cc1F. The van der Waals surface area contributed by atoms with Crippen molar-refractivity contribution in [2.75, 3.05) is 16.0 Å². The highest BCUT2D eigenvalue weighted by Crippen LogP contribution is 2.42. The molecule has 0 aliphatic carbocycles. The third-order valence-corrected chi connectivity index (χ3v) is 6.73. The molecule has 4 rings (SSSR count). The molecule has 1 heterocycles. The zero-order valence-corrected chi connectivity index (χ0v) is 18.3. The fraction of sp³-hybridized carbons (Fsp3) is 0.167. The molecule has 1 aliphatic rings. The van der Waals surface area contributed by atoms with Gasteiger partial charge in [0.15, 0.2) is 0 Å². The zero-order chi connectivity index (χ0) is 22.0. The Hall–Kier alpha value is -2.83.